The molecule has 3 aromatic rings. The Morgan fingerprint density at radius 1 is 1.07 bits per heavy atom. The van der Waals surface area contributed by atoms with Crippen LogP contribution in [0.3, 0.4) is 0 Å². The number of ether oxygens (including phenoxy) is 1. The van der Waals surface area contributed by atoms with Crippen LogP contribution in [-0.4, -0.2) is 0 Å². The second-order valence-electron chi connectivity index (χ2n) is 6.14. The fourth-order valence-corrected chi connectivity index (χ4v) is 3.50. The Kier molecular flexibility index (Phi) is 6.70. The third-order valence-corrected chi connectivity index (χ3v) is 5.43. The maximum Gasteiger partial charge on any atom is 0.133 e. The normalized spacial score (nSPS) is 11.1. The monoisotopic (exact) mass is 529 g/mol. The summed E-state index contributed by atoms with van der Waals surface area (Å²) < 4.78 is 8.01. The lowest BCUT2D eigenvalue weighted by molar-refractivity contribution is 0.304. The van der Waals surface area contributed by atoms with Gasteiger partial charge in [0.1, 0.15) is 12.4 Å². The first-order chi connectivity index (χ1) is 13.0. The van der Waals surface area contributed by atoms with Gasteiger partial charge in [0.2, 0.25) is 0 Å². The van der Waals surface area contributed by atoms with Crippen LogP contribution in [0.1, 0.15) is 22.3 Å². The minimum atomic E-state index is 0.519. The Balaban J connectivity index is 1.76. The van der Waals surface area contributed by atoms with Crippen molar-refractivity contribution in [2.75, 3.05) is 0 Å². The van der Waals surface area contributed by atoms with Crippen molar-refractivity contribution in [3.63, 3.8) is 0 Å². The molecule has 0 fully saturated rings. The number of benzene rings is 3. The van der Waals surface area contributed by atoms with Gasteiger partial charge in [-0.2, -0.15) is 5.26 Å². The summed E-state index contributed by atoms with van der Waals surface area (Å²) in [5.41, 5.74) is 4.84. The van der Waals surface area contributed by atoms with Crippen LogP contribution in [0.2, 0.25) is 0 Å². The third kappa shape index (κ3) is 5.44. The standard InChI is InChI=1S/C23H17BrINO/c1-16-2-7-19(8-3-16)20(14-26)12-18-6-11-23(22(25)13-18)27-15-17-4-9-21(24)10-5-17/h2-13H,15H2,1H3/b20-12-. The third-order valence-electron chi connectivity index (χ3n) is 4.06. The van der Waals surface area contributed by atoms with E-state index in [-0.39, 0.29) is 0 Å². The minimum absolute atomic E-state index is 0.519. The Morgan fingerprint density at radius 2 is 1.78 bits per heavy atom. The van der Waals surface area contributed by atoms with E-state index < -0.39 is 0 Å². The van der Waals surface area contributed by atoms with Crippen LogP contribution < -0.4 is 4.74 Å². The van der Waals surface area contributed by atoms with Gasteiger partial charge in [0.15, 0.2) is 0 Å². The molecule has 0 saturated carbocycles. The number of hydrogen-bond acceptors (Lipinski definition) is 2. The van der Waals surface area contributed by atoms with Gasteiger partial charge in [-0.3, -0.25) is 0 Å². The van der Waals surface area contributed by atoms with E-state index in [0.29, 0.717) is 12.2 Å². The number of hydrogen-bond donors (Lipinski definition) is 0. The quantitative estimate of drug-likeness (QED) is 0.202. The number of allylic oxidation sites excluding steroid dienone is 1. The second-order valence-corrected chi connectivity index (χ2v) is 8.22. The van der Waals surface area contributed by atoms with E-state index in [1.165, 1.54) is 5.56 Å². The van der Waals surface area contributed by atoms with Crippen molar-refractivity contribution in [1.29, 1.82) is 5.26 Å². The first-order valence-electron chi connectivity index (χ1n) is 8.41. The van der Waals surface area contributed by atoms with Crippen LogP contribution in [0, 0.1) is 21.8 Å². The van der Waals surface area contributed by atoms with Gasteiger partial charge in [-0.05, 0) is 76.5 Å². The molecule has 0 aliphatic heterocycles. The van der Waals surface area contributed by atoms with Gasteiger partial charge in [0, 0.05) is 4.47 Å². The molecule has 0 aromatic heterocycles. The molecule has 27 heavy (non-hydrogen) atoms. The Hall–Kier alpha value is -2.10. The summed E-state index contributed by atoms with van der Waals surface area (Å²) in [4.78, 5) is 0. The van der Waals surface area contributed by atoms with E-state index >= 15 is 0 Å². The van der Waals surface area contributed by atoms with Crippen molar-refractivity contribution < 1.29 is 4.74 Å². The molecular weight excluding hydrogens is 513 g/mol. The van der Waals surface area contributed by atoms with Crippen LogP contribution in [0.5, 0.6) is 5.75 Å². The SMILES string of the molecule is Cc1ccc(/C(C#N)=C\c2ccc(OCc3ccc(Br)cc3)c(I)c2)cc1. The van der Waals surface area contributed by atoms with Gasteiger partial charge >= 0.3 is 0 Å². The number of aryl methyl sites for hydroxylation is 1. The van der Waals surface area contributed by atoms with E-state index in [2.05, 4.69) is 44.6 Å². The predicted molar refractivity (Wildman–Crippen MR) is 122 cm³/mol. The fraction of sp³-hybridized carbons (Fsp3) is 0.0870. The molecule has 0 atom stereocenters. The van der Waals surface area contributed by atoms with Crippen LogP contribution in [-0.2, 0) is 6.61 Å². The molecule has 3 rings (SSSR count). The molecule has 4 heteroatoms. The van der Waals surface area contributed by atoms with Crippen LogP contribution in [0.15, 0.2) is 71.2 Å². The van der Waals surface area contributed by atoms with E-state index in [9.17, 15) is 5.26 Å². The summed E-state index contributed by atoms with van der Waals surface area (Å²) in [7, 11) is 0. The smallest absolute Gasteiger partial charge is 0.133 e. The van der Waals surface area contributed by atoms with Crippen LogP contribution in [0.4, 0.5) is 0 Å². The highest BCUT2D eigenvalue weighted by molar-refractivity contribution is 14.1. The van der Waals surface area contributed by atoms with E-state index in [1.54, 1.807) is 0 Å². The Labute approximate surface area is 181 Å². The van der Waals surface area contributed by atoms with Crippen molar-refractivity contribution >= 4 is 50.2 Å². The molecule has 134 valence electrons. The molecule has 0 bridgehead atoms. The number of nitrogens with zero attached hydrogens (tertiary/aromatic N) is 1. The average Bonchev–Trinajstić information content (AvgIpc) is 2.67. The van der Waals surface area contributed by atoms with Crippen molar-refractivity contribution in [1.82, 2.24) is 0 Å². The van der Waals surface area contributed by atoms with Gasteiger partial charge in [-0.25, -0.2) is 0 Å². The minimum Gasteiger partial charge on any atom is -0.488 e. The summed E-state index contributed by atoms with van der Waals surface area (Å²) in [6, 6.07) is 24.3. The summed E-state index contributed by atoms with van der Waals surface area (Å²) in [6.45, 7) is 2.56. The van der Waals surface area contributed by atoms with Gasteiger partial charge in [-0.15, -0.1) is 0 Å². The second kappa shape index (κ2) is 9.20. The number of rotatable bonds is 5. The lowest BCUT2D eigenvalue weighted by atomic mass is 10.0. The molecule has 0 spiro atoms. The zero-order valence-electron chi connectivity index (χ0n) is 14.7. The molecule has 0 unspecified atom stereocenters. The highest BCUT2D eigenvalue weighted by atomic mass is 127. The Morgan fingerprint density at radius 3 is 2.41 bits per heavy atom. The average molecular weight is 530 g/mol. The topological polar surface area (TPSA) is 33.0 Å². The van der Waals surface area contributed by atoms with E-state index in [1.807, 2.05) is 79.7 Å². The molecule has 0 aliphatic carbocycles. The van der Waals surface area contributed by atoms with E-state index in [0.717, 1.165) is 30.5 Å². The molecule has 0 amide bonds. The predicted octanol–water partition coefficient (Wildman–Crippen LogP) is 7.01. The Bertz CT molecular complexity index is 1000. The molecule has 0 radical (unpaired) electrons. The maximum absolute atomic E-state index is 9.52. The van der Waals surface area contributed by atoms with Crippen molar-refractivity contribution in [2.24, 2.45) is 0 Å². The largest absolute Gasteiger partial charge is 0.488 e. The van der Waals surface area contributed by atoms with Crippen LogP contribution >= 0.6 is 38.5 Å². The van der Waals surface area contributed by atoms with Crippen molar-refractivity contribution in [3.8, 4) is 11.8 Å². The summed E-state index contributed by atoms with van der Waals surface area (Å²) in [6.07, 6.45) is 1.91. The zero-order chi connectivity index (χ0) is 19.2. The molecule has 0 N–H and O–H groups in total. The van der Waals surface area contributed by atoms with Crippen molar-refractivity contribution in [3.05, 3.63) is 97.0 Å². The molecular formula is C23H17BrINO. The first kappa shape index (κ1) is 19.7. The lowest BCUT2D eigenvalue weighted by Crippen LogP contribution is -1.97. The fourth-order valence-electron chi connectivity index (χ4n) is 2.55. The molecule has 0 saturated heterocycles. The van der Waals surface area contributed by atoms with Gasteiger partial charge in [-0.1, -0.05) is 64.0 Å². The number of nitriles is 1. The molecule has 0 aliphatic rings. The highest BCUT2D eigenvalue weighted by Crippen LogP contribution is 2.26. The first-order valence-corrected chi connectivity index (χ1v) is 10.3. The maximum atomic E-state index is 9.52. The zero-order valence-corrected chi connectivity index (χ0v) is 18.5. The highest BCUT2D eigenvalue weighted by Gasteiger charge is 2.05. The van der Waals surface area contributed by atoms with Gasteiger partial charge in [0.05, 0.1) is 15.2 Å². The lowest BCUT2D eigenvalue weighted by Gasteiger charge is -2.09. The van der Waals surface area contributed by atoms with Gasteiger partial charge < -0.3 is 4.74 Å². The molecule has 0 heterocycles. The summed E-state index contributed by atoms with van der Waals surface area (Å²) in [5.74, 6) is 0.838. The molecule has 3 aromatic carbocycles. The van der Waals surface area contributed by atoms with Gasteiger partial charge in [0.25, 0.3) is 0 Å². The number of halogens is 2. The van der Waals surface area contributed by atoms with E-state index in [4.69, 9.17) is 4.74 Å². The summed E-state index contributed by atoms with van der Waals surface area (Å²) >= 11 is 5.70. The van der Waals surface area contributed by atoms with Crippen molar-refractivity contribution in [2.45, 2.75) is 13.5 Å². The summed E-state index contributed by atoms with van der Waals surface area (Å²) in [5, 5.41) is 9.52. The molecule has 2 nitrogen and oxygen atoms in total. The van der Waals surface area contributed by atoms with Crippen LogP contribution in [0.25, 0.3) is 11.6 Å².